The number of nitrogens with zero attached hydrogens (tertiary/aromatic N) is 3. The smallest absolute Gasteiger partial charge is 0.258 e. The van der Waals surface area contributed by atoms with Crippen molar-refractivity contribution in [3.8, 4) is 11.5 Å². The third-order valence-electron chi connectivity index (χ3n) is 8.43. The Hall–Kier alpha value is -4.46. The molecule has 7 rings (SSSR count). The normalized spacial score (nSPS) is 20.6. The minimum absolute atomic E-state index is 0.0541. The van der Waals surface area contributed by atoms with E-state index < -0.39 is 18.1 Å². The summed E-state index contributed by atoms with van der Waals surface area (Å²) >= 11 is 1.53. The third-order valence-corrected chi connectivity index (χ3v) is 9.16. The minimum atomic E-state index is -0.527. The number of fused-ring (bicyclic) bond motifs is 7. The van der Waals surface area contributed by atoms with Crippen molar-refractivity contribution in [2.24, 2.45) is 0 Å². The van der Waals surface area contributed by atoms with Crippen LogP contribution in [0.2, 0.25) is 0 Å². The SMILES string of the molecule is O=C1COc2cc(cc(C(=O)N3CCN(CCO)CC3)c2)C(=O)N[C@H]2CN(C(=O)Cc3ccsc3)C[C@@H]2Oc2ccc(cc2)CN1. The topological polar surface area (TPSA) is 141 Å². The van der Waals surface area contributed by atoms with Crippen LogP contribution in [0.25, 0.3) is 0 Å². The van der Waals surface area contributed by atoms with Crippen molar-refractivity contribution in [2.75, 3.05) is 59.0 Å². The number of benzene rings is 2. The molecule has 2 atom stereocenters. The number of ether oxygens (including phenoxy) is 2. The molecule has 0 spiro atoms. The highest BCUT2D eigenvalue weighted by molar-refractivity contribution is 7.08. The average Bonchev–Trinajstić information content (AvgIpc) is 3.73. The number of amides is 4. The molecule has 2 saturated heterocycles. The number of carbonyl (C=O) groups excluding carboxylic acids is 4. The quantitative estimate of drug-likeness (QED) is 0.375. The van der Waals surface area contributed by atoms with Gasteiger partial charge in [0.25, 0.3) is 17.7 Å². The molecule has 242 valence electrons. The number of hydrogen-bond acceptors (Lipinski definition) is 9. The summed E-state index contributed by atoms with van der Waals surface area (Å²) in [6.45, 7) is 3.34. The first-order chi connectivity index (χ1) is 22.3. The Kier molecular flexibility index (Phi) is 9.81. The molecule has 3 N–H and O–H groups in total. The van der Waals surface area contributed by atoms with E-state index in [4.69, 9.17) is 9.47 Å². The van der Waals surface area contributed by atoms with Crippen LogP contribution in [-0.2, 0) is 22.6 Å². The summed E-state index contributed by atoms with van der Waals surface area (Å²) in [5.41, 5.74) is 2.26. The van der Waals surface area contributed by atoms with Crippen LogP contribution in [0.3, 0.4) is 0 Å². The third kappa shape index (κ3) is 7.66. The Morgan fingerprint density at radius 2 is 1.76 bits per heavy atom. The van der Waals surface area contributed by atoms with Crippen LogP contribution in [-0.4, -0.2) is 115 Å². The Morgan fingerprint density at radius 1 is 0.957 bits per heavy atom. The van der Waals surface area contributed by atoms with Gasteiger partial charge in [0.1, 0.15) is 17.6 Å². The first-order valence-corrected chi connectivity index (χ1v) is 16.3. The molecule has 13 heteroatoms. The molecule has 0 saturated carbocycles. The van der Waals surface area contributed by atoms with Crippen molar-refractivity contribution < 1.29 is 33.8 Å². The Balaban J connectivity index is 1.26. The van der Waals surface area contributed by atoms with E-state index in [1.807, 2.05) is 29.0 Å². The summed E-state index contributed by atoms with van der Waals surface area (Å²) in [6.07, 6.45) is -0.261. The molecule has 3 aromatic rings. The fraction of sp³-hybridized carbons (Fsp3) is 0.394. The molecule has 5 heterocycles. The first-order valence-electron chi connectivity index (χ1n) is 15.4. The van der Waals surface area contributed by atoms with Gasteiger partial charge >= 0.3 is 0 Å². The molecule has 4 bridgehead atoms. The van der Waals surface area contributed by atoms with Crippen LogP contribution in [0, 0.1) is 0 Å². The highest BCUT2D eigenvalue weighted by Crippen LogP contribution is 2.24. The summed E-state index contributed by atoms with van der Waals surface area (Å²) in [5, 5.41) is 19.0. The number of aliphatic hydroxyl groups is 1. The van der Waals surface area contributed by atoms with Gasteiger partial charge in [0.05, 0.1) is 25.6 Å². The summed E-state index contributed by atoms with van der Waals surface area (Å²) in [7, 11) is 0. The Labute approximate surface area is 270 Å². The number of piperazine rings is 1. The van der Waals surface area contributed by atoms with Crippen LogP contribution in [0.4, 0.5) is 0 Å². The number of hydrogen-bond donors (Lipinski definition) is 3. The summed E-state index contributed by atoms with van der Waals surface area (Å²) in [6, 6.07) is 13.3. The Morgan fingerprint density at radius 3 is 2.50 bits per heavy atom. The largest absolute Gasteiger partial charge is 0.486 e. The number of nitrogens with one attached hydrogen (secondary N) is 2. The van der Waals surface area contributed by atoms with Gasteiger partial charge in [-0.25, -0.2) is 0 Å². The van der Waals surface area contributed by atoms with Gasteiger partial charge in [-0.15, -0.1) is 0 Å². The van der Waals surface area contributed by atoms with Gasteiger partial charge in [-0.3, -0.25) is 24.1 Å². The number of thiophene rings is 1. The molecule has 4 aliphatic rings. The van der Waals surface area contributed by atoms with Gasteiger partial charge in [-0.2, -0.15) is 11.3 Å². The number of aliphatic hydroxyl groups excluding tert-OH is 1. The van der Waals surface area contributed by atoms with E-state index in [0.29, 0.717) is 45.0 Å². The van der Waals surface area contributed by atoms with Crippen molar-refractivity contribution in [1.29, 1.82) is 0 Å². The molecular formula is C33H37N5O7S. The van der Waals surface area contributed by atoms with Crippen molar-refractivity contribution in [1.82, 2.24) is 25.3 Å². The second-order valence-corrected chi connectivity index (χ2v) is 12.4. The minimum Gasteiger partial charge on any atom is -0.486 e. The van der Waals surface area contributed by atoms with E-state index in [9.17, 15) is 24.3 Å². The van der Waals surface area contributed by atoms with E-state index >= 15 is 0 Å². The lowest BCUT2D eigenvalue weighted by Crippen LogP contribution is -2.49. The van der Waals surface area contributed by atoms with E-state index in [1.165, 1.54) is 23.5 Å². The molecule has 46 heavy (non-hydrogen) atoms. The van der Waals surface area contributed by atoms with E-state index in [0.717, 1.165) is 11.1 Å². The fourth-order valence-electron chi connectivity index (χ4n) is 5.86. The van der Waals surface area contributed by atoms with Crippen LogP contribution in [0.5, 0.6) is 11.5 Å². The summed E-state index contributed by atoms with van der Waals surface area (Å²) in [5.74, 6) is -0.332. The van der Waals surface area contributed by atoms with Gasteiger partial charge < -0.3 is 35.0 Å². The van der Waals surface area contributed by atoms with E-state index in [2.05, 4.69) is 15.5 Å². The molecule has 0 aliphatic carbocycles. The highest BCUT2D eigenvalue weighted by atomic mass is 32.1. The second-order valence-electron chi connectivity index (χ2n) is 11.7. The number of likely N-dealkylation sites (tertiary alicyclic amines) is 1. The standard InChI is InChI=1S/C33H37N5O7S/c39-11-10-36-6-8-37(9-7-36)33(43)25-14-24-15-27(16-25)44-20-30(40)34-17-22-1-3-26(4-2-22)45-29-19-38(18-28(29)35-32(24)42)31(41)13-23-5-12-46-21-23/h1-5,12,14-16,21,28-29,39H,6-11,13,17-20H2,(H,34,40)(H,35,42)/t28-,29-/m0/s1. The maximum absolute atomic E-state index is 13.8. The summed E-state index contributed by atoms with van der Waals surface area (Å²) in [4.78, 5) is 58.7. The molecule has 12 nitrogen and oxygen atoms in total. The van der Waals surface area contributed by atoms with Crippen molar-refractivity contribution in [3.05, 3.63) is 81.5 Å². The molecule has 2 fully saturated rings. The number of rotatable bonds is 5. The Bertz CT molecular complexity index is 1560. The van der Waals surface area contributed by atoms with Crippen LogP contribution in [0.15, 0.2) is 59.3 Å². The average molecular weight is 648 g/mol. The molecule has 1 aromatic heterocycles. The lowest BCUT2D eigenvalue weighted by Gasteiger charge is -2.34. The van der Waals surface area contributed by atoms with E-state index in [-0.39, 0.29) is 67.3 Å². The van der Waals surface area contributed by atoms with Gasteiger partial charge in [0.15, 0.2) is 6.61 Å². The highest BCUT2D eigenvalue weighted by Gasteiger charge is 2.38. The first kappa shape index (κ1) is 31.5. The number of carbonyl (C=O) groups is 4. The predicted molar refractivity (Wildman–Crippen MR) is 170 cm³/mol. The predicted octanol–water partition coefficient (Wildman–Crippen LogP) is 1.14. The lowest BCUT2D eigenvalue weighted by molar-refractivity contribution is -0.129. The summed E-state index contributed by atoms with van der Waals surface area (Å²) < 4.78 is 12.1. The van der Waals surface area contributed by atoms with Crippen molar-refractivity contribution >= 4 is 35.0 Å². The zero-order chi connectivity index (χ0) is 32.0. The maximum Gasteiger partial charge on any atom is 0.258 e. The van der Waals surface area contributed by atoms with Gasteiger partial charge in [0.2, 0.25) is 5.91 Å². The molecule has 4 amide bonds. The van der Waals surface area contributed by atoms with Gasteiger partial charge in [0, 0.05) is 56.9 Å². The van der Waals surface area contributed by atoms with Gasteiger partial charge in [-0.05, 0) is 58.3 Å². The van der Waals surface area contributed by atoms with Crippen LogP contribution >= 0.6 is 11.3 Å². The van der Waals surface area contributed by atoms with Gasteiger partial charge in [-0.1, -0.05) is 12.1 Å². The molecule has 2 aromatic carbocycles. The zero-order valence-corrected chi connectivity index (χ0v) is 26.2. The lowest BCUT2D eigenvalue weighted by atomic mass is 10.1. The van der Waals surface area contributed by atoms with Crippen LogP contribution < -0.4 is 20.1 Å². The monoisotopic (exact) mass is 647 g/mol. The van der Waals surface area contributed by atoms with Crippen molar-refractivity contribution in [3.63, 3.8) is 0 Å². The maximum atomic E-state index is 13.8. The molecule has 0 unspecified atom stereocenters. The van der Waals surface area contributed by atoms with Crippen LogP contribution in [0.1, 0.15) is 31.8 Å². The van der Waals surface area contributed by atoms with Crippen molar-refractivity contribution in [2.45, 2.75) is 25.1 Å². The molecule has 0 radical (unpaired) electrons. The fourth-order valence-corrected chi connectivity index (χ4v) is 6.53. The molecular weight excluding hydrogens is 610 g/mol. The second kappa shape index (κ2) is 14.3. The van der Waals surface area contributed by atoms with E-state index in [1.54, 1.807) is 28.0 Å². The molecule has 4 aliphatic heterocycles. The zero-order valence-electron chi connectivity index (χ0n) is 25.4. The number of β-amino-alcohol motifs (C(OH)–C–C–N with tert-alkyl or cyclic N) is 1.